The molecule has 2 aromatic rings. The van der Waals surface area contributed by atoms with Gasteiger partial charge in [0.25, 0.3) is 0 Å². The monoisotopic (exact) mass is 371 g/mol. The molecule has 3 atom stereocenters. The van der Waals surface area contributed by atoms with E-state index in [1.807, 2.05) is 6.07 Å². The molecule has 6 heteroatoms. The van der Waals surface area contributed by atoms with Crippen LogP contribution in [0.3, 0.4) is 0 Å². The lowest BCUT2D eigenvalue weighted by atomic mass is 9.75. The lowest BCUT2D eigenvalue weighted by Gasteiger charge is -2.35. The average Bonchev–Trinajstić information content (AvgIpc) is 3.16. The Morgan fingerprint density at radius 2 is 1.89 bits per heavy atom. The van der Waals surface area contributed by atoms with E-state index in [-0.39, 0.29) is 23.2 Å². The summed E-state index contributed by atoms with van der Waals surface area (Å²) in [6.07, 6.45) is 4.71. The number of Topliss-reactive ketones (excluding diaryl/α,β-unsaturated/α-hetero) is 1. The SMILES string of the molecule is CCCCC1NC(=O)C(Cc2ccc(O)c(O)c2)C(Cc2ccco2)C1=O. The van der Waals surface area contributed by atoms with Crippen LogP contribution in [-0.4, -0.2) is 27.9 Å². The molecule has 2 heterocycles. The number of nitrogens with one attached hydrogen (secondary N) is 1. The number of amides is 1. The van der Waals surface area contributed by atoms with Crippen LogP contribution in [0.2, 0.25) is 0 Å². The number of carbonyl (C=O) groups excluding carboxylic acids is 2. The number of aromatic hydroxyl groups is 2. The van der Waals surface area contributed by atoms with Gasteiger partial charge in [0.2, 0.25) is 5.91 Å². The normalized spacial score (nSPS) is 22.6. The average molecular weight is 371 g/mol. The molecule has 144 valence electrons. The first-order valence-corrected chi connectivity index (χ1v) is 9.37. The highest BCUT2D eigenvalue weighted by atomic mass is 16.3. The first-order valence-electron chi connectivity index (χ1n) is 9.37. The van der Waals surface area contributed by atoms with Crippen LogP contribution in [-0.2, 0) is 22.4 Å². The van der Waals surface area contributed by atoms with Crippen molar-refractivity contribution in [2.75, 3.05) is 0 Å². The van der Waals surface area contributed by atoms with Crippen LogP contribution in [0.4, 0.5) is 0 Å². The van der Waals surface area contributed by atoms with Crippen molar-refractivity contribution in [2.24, 2.45) is 11.8 Å². The van der Waals surface area contributed by atoms with Crippen LogP contribution in [0.15, 0.2) is 41.0 Å². The summed E-state index contributed by atoms with van der Waals surface area (Å²) in [5, 5.41) is 22.1. The zero-order chi connectivity index (χ0) is 19.4. The quantitative estimate of drug-likeness (QED) is 0.650. The van der Waals surface area contributed by atoms with Crippen molar-refractivity contribution in [3.05, 3.63) is 47.9 Å². The molecule has 0 bridgehead atoms. The Labute approximate surface area is 158 Å². The van der Waals surface area contributed by atoms with Gasteiger partial charge < -0.3 is 19.9 Å². The maximum atomic E-state index is 13.1. The first kappa shape index (κ1) is 19.0. The Balaban J connectivity index is 1.85. The number of ketones is 1. The van der Waals surface area contributed by atoms with Gasteiger partial charge in [-0.05, 0) is 42.7 Å². The number of unbranched alkanes of at least 4 members (excludes halogenated alkanes) is 1. The molecule has 0 saturated carbocycles. The van der Waals surface area contributed by atoms with E-state index in [1.165, 1.54) is 12.1 Å². The smallest absolute Gasteiger partial charge is 0.224 e. The second kappa shape index (κ2) is 8.29. The molecule has 3 rings (SSSR count). The number of piperidine rings is 1. The van der Waals surface area contributed by atoms with Gasteiger partial charge in [-0.25, -0.2) is 0 Å². The molecule has 0 radical (unpaired) electrons. The second-order valence-corrected chi connectivity index (χ2v) is 7.13. The summed E-state index contributed by atoms with van der Waals surface area (Å²) < 4.78 is 5.41. The Morgan fingerprint density at radius 3 is 2.56 bits per heavy atom. The van der Waals surface area contributed by atoms with Crippen LogP contribution in [0, 0.1) is 11.8 Å². The number of furan rings is 1. The number of rotatable bonds is 7. The summed E-state index contributed by atoms with van der Waals surface area (Å²) in [6, 6.07) is 7.59. The predicted octanol–water partition coefficient (Wildman–Crippen LogP) is 2.97. The Kier molecular flexibility index (Phi) is 5.84. The van der Waals surface area contributed by atoms with Gasteiger partial charge in [0.05, 0.1) is 18.2 Å². The highest BCUT2D eigenvalue weighted by Gasteiger charge is 2.43. The minimum atomic E-state index is -0.551. The summed E-state index contributed by atoms with van der Waals surface area (Å²) in [5.74, 6) is -0.927. The number of benzene rings is 1. The Hall–Kier alpha value is -2.76. The topological polar surface area (TPSA) is 99.8 Å². The lowest BCUT2D eigenvalue weighted by Crippen LogP contribution is -2.56. The van der Waals surface area contributed by atoms with Crippen molar-refractivity contribution in [2.45, 2.75) is 45.1 Å². The van der Waals surface area contributed by atoms with Crippen LogP contribution >= 0.6 is 0 Å². The molecular formula is C21H25NO5. The molecule has 1 aromatic heterocycles. The van der Waals surface area contributed by atoms with Gasteiger partial charge in [-0.15, -0.1) is 0 Å². The minimum Gasteiger partial charge on any atom is -0.504 e. The maximum absolute atomic E-state index is 13.1. The van der Waals surface area contributed by atoms with Gasteiger partial charge in [-0.2, -0.15) is 0 Å². The summed E-state index contributed by atoms with van der Waals surface area (Å²) in [7, 11) is 0. The second-order valence-electron chi connectivity index (χ2n) is 7.13. The van der Waals surface area contributed by atoms with Crippen molar-refractivity contribution in [1.29, 1.82) is 0 Å². The summed E-state index contributed by atoms with van der Waals surface area (Å²) in [5.41, 5.74) is 0.690. The highest BCUT2D eigenvalue weighted by Crippen LogP contribution is 2.32. The van der Waals surface area contributed by atoms with Gasteiger partial charge in [0.1, 0.15) is 5.76 Å². The largest absolute Gasteiger partial charge is 0.504 e. The zero-order valence-corrected chi connectivity index (χ0v) is 15.4. The molecule has 0 aliphatic carbocycles. The van der Waals surface area contributed by atoms with Crippen molar-refractivity contribution < 1.29 is 24.2 Å². The molecule has 1 saturated heterocycles. The third-order valence-electron chi connectivity index (χ3n) is 5.19. The molecule has 1 aliphatic heterocycles. The van der Waals surface area contributed by atoms with Crippen LogP contribution in [0.25, 0.3) is 0 Å². The molecule has 6 nitrogen and oxygen atoms in total. The molecule has 1 amide bonds. The highest BCUT2D eigenvalue weighted by molar-refractivity contribution is 5.98. The van der Waals surface area contributed by atoms with Crippen LogP contribution in [0.5, 0.6) is 11.5 Å². The third-order valence-corrected chi connectivity index (χ3v) is 5.19. The Morgan fingerprint density at radius 1 is 1.07 bits per heavy atom. The van der Waals surface area contributed by atoms with Gasteiger partial charge in [0, 0.05) is 12.3 Å². The van der Waals surface area contributed by atoms with Gasteiger partial charge in [-0.3, -0.25) is 9.59 Å². The maximum Gasteiger partial charge on any atom is 0.224 e. The van der Waals surface area contributed by atoms with Crippen molar-refractivity contribution >= 4 is 11.7 Å². The van der Waals surface area contributed by atoms with Crippen LogP contribution in [0.1, 0.15) is 37.5 Å². The number of phenols is 2. The third kappa shape index (κ3) is 4.32. The van der Waals surface area contributed by atoms with Gasteiger partial charge >= 0.3 is 0 Å². The fraction of sp³-hybridized carbons (Fsp3) is 0.429. The van der Waals surface area contributed by atoms with E-state index in [0.29, 0.717) is 30.6 Å². The van der Waals surface area contributed by atoms with E-state index in [4.69, 9.17) is 4.42 Å². The van der Waals surface area contributed by atoms with Crippen LogP contribution < -0.4 is 5.32 Å². The number of carbonyl (C=O) groups is 2. The Bertz CT molecular complexity index is 799. The lowest BCUT2D eigenvalue weighted by molar-refractivity contribution is -0.142. The number of phenolic OH excluding ortho intramolecular Hbond substituents is 2. The number of hydrogen-bond acceptors (Lipinski definition) is 5. The van der Waals surface area contributed by atoms with Gasteiger partial charge in [-0.1, -0.05) is 25.8 Å². The van der Waals surface area contributed by atoms with E-state index in [9.17, 15) is 19.8 Å². The predicted molar refractivity (Wildman–Crippen MR) is 99.3 cm³/mol. The molecule has 1 fully saturated rings. The molecule has 3 N–H and O–H groups in total. The van der Waals surface area contributed by atoms with Crippen molar-refractivity contribution in [3.8, 4) is 11.5 Å². The van der Waals surface area contributed by atoms with Crippen molar-refractivity contribution in [3.63, 3.8) is 0 Å². The molecule has 1 aliphatic rings. The summed E-state index contributed by atoms with van der Waals surface area (Å²) in [4.78, 5) is 25.9. The molecule has 27 heavy (non-hydrogen) atoms. The molecule has 3 unspecified atom stereocenters. The zero-order valence-electron chi connectivity index (χ0n) is 15.4. The van der Waals surface area contributed by atoms with E-state index < -0.39 is 17.9 Å². The van der Waals surface area contributed by atoms with Crippen molar-refractivity contribution in [1.82, 2.24) is 5.32 Å². The molecule has 0 spiro atoms. The summed E-state index contributed by atoms with van der Waals surface area (Å²) in [6.45, 7) is 2.05. The van der Waals surface area contributed by atoms with E-state index >= 15 is 0 Å². The molecular weight excluding hydrogens is 346 g/mol. The van der Waals surface area contributed by atoms with E-state index in [0.717, 1.165) is 12.8 Å². The van der Waals surface area contributed by atoms with E-state index in [2.05, 4.69) is 12.2 Å². The van der Waals surface area contributed by atoms with E-state index in [1.54, 1.807) is 18.4 Å². The number of hydrogen-bond donors (Lipinski definition) is 3. The standard InChI is InChI=1S/C21H25NO5/c1-2-3-6-17-20(25)15(12-14-5-4-9-27-14)16(21(26)22-17)10-13-7-8-18(23)19(24)11-13/h4-5,7-9,11,15-17,23-24H,2-3,6,10,12H2,1H3,(H,22,26). The summed E-state index contributed by atoms with van der Waals surface area (Å²) >= 11 is 0. The fourth-order valence-corrected chi connectivity index (χ4v) is 3.69. The minimum absolute atomic E-state index is 0.0347. The molecule has 1 aromatic carbocycles. The van der Waals surface area contributed by atoms with Gasteiger partial charge in [0.15, 0.2) is 17.3 Å². The fourth-order valence-electron chi connectivity index (χ4n) is 3.69. The first-order chi connectivity index (χ1) is 13.0.